The Morgan fingerprint density at radius 1 is 1.18 bits per heavy atom. The number of benzene rings is 1. The summed E-state index contributed by atoms with van der Waals surface area (Å²) in [5.74, 6) is 0.943. The third-order valence-corrected chi connectivity index (χ3v) is 6.10. The van der Waals surface area contributed by atoms with Crippen molar-refractivity contribution in [3.05, 3.63) is 51.0 Å². The molecular formula is C20H22FN5OS. The summed E-state index contributed by atoms with van der Waals surface area (Å²) in [6, 6.07) is 4.79. The van der Waals surface area contributed by atoms with E-state index in [0.29, 0.717) is 30.3 Å². The Morgan fingerprint density at radius 3 is 2.75 bits per heavy atom. The molecule has 6 nitrogen and oxygen atoms in total. The molecule has 0 radical (unpaired) electrons. The maximum atomic E-state index is 13.5. The number of aromatic nitrogens is 4. The van der Waals surface area contributed by atoms with Crippen LogP contribution in [0, 0.1) is 26.6 Å². The number of thiazole rings is 1. The molecule has 28 heavy (non-hydrogen) atoms. The van der Waals surface area contributed by atoms with Gasteiger partial charge in [0.1, 0.15) is 18.2 Å². The first-order valence-electron chi connectivity index (χ1n) is 9.31. The van der Waals surface area contributed by atoms with E-state index in [-0.39, 0.29) is 18.3 Å². The minimum absolute atomic E-state index is 0.0294. The number of hydrogen-bond donors (Lipinski definition) is 0. The van der Waals surface area contributed by atoms with Crippen molar-refractivity contribution in [2.75, 3.05) is 13.1 Å². The summed E-state index contributed by atoms with van der Waals surface area (Å²) >= 11 is 1.72. The molecule has 1 aliphatic heterocycles. The average molecular weight is 399 g/mol. The van der Waals surface area contributed by atoms with Gasteiger partial charge in [-0.15, -0.1) is 11.3 Å². The van der Waals surface area contributed by atoms with E-state index in [0.717, 1.165) is 29.1 Å². The first-order chi connectivity index (χ1) is 13.4. The zero-order chi connectivity index (χ0) is 19.8. The van der Waals surface area contributed by atoms with Gasteiger partial charge in [0, 0.05) is 36.4 Å². The molecule has 0 saturated carbocycles. The summed E-state index contributed by atoms with van der Waals surface area (Å²) in [4.78, 5) is 25.0. The van der Waals surface area contributed by atoms with Crippen LogP contribution < -0.4 is 0 Å². The Balaban J connectivity index is 1.47. The number of fused-ring (bicyclic) bond motifs is 1. The standard InChI is InChI=1S/C20H22FN5OS/c1-12-10-15(4-5-16(12)21)20-22-13(2)26(24-20)11-19(27)25-8-6-17-18(7-9-25)28-14(3)23-17/h4-5,10H,6-9,11H2,1-3H3. The molecule has 3 heterocycles. The maximum Gasteiger partial charge on any atom is 0.244 e. The summed E-state index contributed by atoms with van der Waals surface area (Å²) in [6.07, 6.45) is 1.64. The van der Waals surface area contributed by atoms with E-state index in [1.165, 1.54) is 10.9 Å². The number of amides is 1. The SMILES string of the molecule is Cc1nc2c(s1)CCN(C(=O)Cn1nc(-c3ccc(F)c(C)c3)nc1C)CC2. The van der Waals surface area contributed by atoms with Gasteiger partial charge in [-0.2, -0.15) is 5.10 Å². The van der Waals surface area contributed by atoms with Crippen molar-refractivity contribution in [3.8, 4) is 11.4 Å². The number of carbonyl (C=O) groups excluding carboxylic acids is 1. The largest absolute Gasteiger partial charge is 0.340 e. The third-order valence-electron chi connectivity index (χ3n) is 5.02. The van der Waals surface area contributed by atoms with Crippen LogP contribution in [0.15, 0.2) is 18.2 Å². The molecule has 1 aromatic carbocycles. The lowest BCUT2D eigenvalue weighted by Gasteiger charge is -2.20. The molecule has 146 valence electrons. The van der Waals surface area contributed by atoms with Gasteiger partial charge in [0.2, 0.25) is 5.91 Å². The fourth-order valence-electron chi connectivity index (χ4n) is 3.45. The van der Waals surface area contributed by atoms with E-state index < -0.39 is 0 Å². The molecule has 0 bridgehead atoms. The van der Waals surface area contributed by atoms with E-state index in [1.807, 2.05) is 18.7 Å². The Morgan fingerprint density at radius 2 is 1.96 bits per heavy atom. The van der Waals surface area contributed by atoms with Gasteiger partial charge in [0.15, 0.2) is 5.82 Å². The van der Waals surface area contributed by atoms with Crippen LogP contribution in [0.2, 0.25) is 0 Å². The Hall–Kier alpha value is -2.61. The molecule has 2 aromatic heterocycles. The van der Waals surface area contributed by atoms with E-state index in [1.54, 1.807) is 35.1 Å². The van der Waals surface area contributed by atoms with E-state index in [4.69, 9.17) is 0 Å². The lowest BCUT2D eigenvalue weighted by Crippen LogP contribution is -2.36. The van der Waals surface area contributed by atoms with Gasteiger partial charge in [0.25, 0.3) is 0 Å². The van der Waals surface area contributed by atoms with Gasteiger partial charge in [-0.05, 0) is 44.5 Å². The second kappa shape index (κ2) is 7.43. The van der Waals surface area contributed by atoms with Crippen molar-refractivity contribution >= 4 is 17.2 Å². The minimum atomic E-state index is -0.255. The fourth-order valence-corrected chi connectivity index (χ4v) is 4.42. The van der Waals surface area contributed by atoms with Crippen molar-refractivity contribution in [2.24, 2.45) is 0 Å². The highest BCUT2D eigenvalue weighted by atomic mass is 32.1. The van der Waals surface area contributed by atoms with Crippen molar-refractivity contribution in [1.29, 1.82) is 0 Å². The monoisotopic (exact) mass is 399 g/mol. The Bertz CT molecular complexity index is 1020. The molecular weight excluding hydrogens is 377 g/mol. The number of aryl methyl sites for hydroxylation is 3. The van der Waals surface area contributed by atoms with Gasteiger partial charge in [0.05, 0.1) is 10.7 Å². The highest BCUT2D eigenvalue weighted by Crippen LogP contribution is 2.23. The zero-order valence-electron chi connectivity index (χ0n) is 16.2. The summed E-state index contributed by atoms with van der Waals surface area (Å²) in [7, 11) is 0. The molecule has 4 rings (SSSR count). The van der Waals surface area contributed by atoms with Crippen LogP contribution in [-0.2, 0) is 24.2 Å². The summed E-state index contributed by atoms with van der Waals surface area (Å²) in [6.45, 7) is 7.08. The summed E-state index contributed by atoms with van der Waals surface area (Å²) in [5.41, 5.74) is 2.42. The van der Waals surface area contributed by atoms with E-state index >= 15 is 0 Å². The van der Waals surface area contributed by atoms with Crippen LogP contribution in [0.1, 0.15) is 27.0 Å². The van der Waals surface area contributed by atoms with Crippen molar-refractivity contribution in [2.45, 2.75) is 40.2 Å². The molecule has 0 N–H and O–H groups in total. The first kappa shape index (κ1) is 18.7. The van der Waals surface area contributed by atoms with Gasteiger partial charge in [-0.25, -0.2) is 19.0 Å². The quantitative estimate of drug-likeness (QED) is 0.679. The molecule has 0 spiro atoms. The first-order valence-corrected chi connectivity index (χ1v) is 10.1. The Labute approximate surface area is 167 Å². The van der Waals surface area contributed by atoms with Crippen LogP contribution in [0.4, 0.5) is 4.39 Å². The van der Waals surface area contributed by atoms with Crippen LogP contribution >= 0.6 is 11.3 Å². The lowest BCUT2D eigenvalue weighted by molar-refractivity contribution is -0.132. The molecule has 0 fully saturated rings. The maximum absolute atomic E-state index is 13.5. The second-order valence-corrected chi connectivity index (χ2v) is 8.38. The molecule has 1 amide bonds. The van der Waals surface area contributed by atoms with Crippen LogP contribution in [0.3, 0.4) is 0 Å². The molecule has 1 aliphatic rings. The fraction of sp³-hybridized carbons (Fsp3) is 0.400. The predicted octanol–water partition coefficient (Wildman–Crippen LogP) is 3.09. The average Bonchev–Trinajstić information content (AvgIpc) is 3.13. The molecule has 8 heteroatoms. The predicted molar refractivity (Wildman–Crippen MR) is 106 cm³/mol. The van der Waals surface area contributed by atoms with Gasteiger partial charge < -0.3 is 4.90 Å². The number of nitrogens with zero attached hydrogens (tertiary/aromatic N) is 5. The second-order valence-electron chi connectivity index (χ2n) is 7.09. The molecule has 3 aromatic rings. The number of halogens is 1. The third kappa shape index (κ3) is 3.69. The van der Waals surface area contributed by atoms with Crippen LogP contribution in [-0.4, -0.2) is 43.6 Å². The highest BCUT2D eigenvalue weighted by Gasteiger charge is 2.22. The van der Waals surface area contributed by atoms with Gasteiger partial charge in [-0.3, -0.25) is 4.79 Å². The van der Waals surface area contributed by atoms with Crippen molar-refractivity contribution in [1.82, 2.24) is 24.6 Å². The lowest BCUT2D eigenvalue weighted by atomic mass is 10.1. The molecule has 0 atom stereocenters. The van der Waals surface area contributed by atoms with Crippen molar-refractivity contribution < 1.29 is 9.18 Å². The number of rotatable bonds is 3. The van der Waals surface area contributed by atoms with Gasteiger partial charge in [-0.1, -0.05) is 0 Å². The molecule has 0 unspecified atom stereocenters. The Kier molecular flexibility index (Phi) is 4.97. The number of hydrogen-bond acceptors (Lipinski definition) is 5. The van der Waals surface area contributed by atoms with E-state index in [2.05, 4.69) is 15.1 Å². The molecule has 0 saturated heterocycles. The summed E-state index contributed by atoms with van der Waals surface area (Å²) < 4.78 is 15.1. The summed E-state index contributed by atoms with van der Waals surface area (Å²) in [5, 5.41) is 5.56. The van der Waals surface area contributed by atoms with E-state index in [9.17, 15) is 9.18 Å². The molecule has 0 aliphatic carbocycles. The zero-order valence-corrected chi connectivity index (χ0v) is 17.0. The van der Waals surface area contributed by atoms with Crippen molar-refractivity contribution in [3.63, 3.8) is 0 Å². The van der Waals surface area contributed by atoms with Crippen LogP contribution in [0.25, 0.3) is 11.4 Å². The minimum Gasteiger partial charge on any atom is -0.340 e. The highest BCUT2D eigenvalue weighted by molar-refractivity contribution is 7.11. The van der Waals surface area contributed by atoms with Crippen LogP contribution in [0.5, 0.6) is 0 Å². The smallest absolute Gasteiger partial charge is 0.244 e. The van der Waals surface area contributed by atoms with Gasteiger partial charge >= 0.3 is 0 Å². The topological polar surface area (TPSA) is 63.9 Å². The normalized spacial score (nSPS) is 14.1. The number of carbonyl (C=O) groups is 1.